The molecule has 0 aliphatic heterocycles. The Morgan fingerprint density at radius 1 is 1.33 bits per heavy atom. The first-order valence-corrected chi connectivity index (χ1v) is 7.48. The Balaban J connectivity index is 2.24. The molecule has 2 atom stereocenters. The topological polar surface area (TPSA) is 55.1 Å². The maximum Gasteiger partial charge on any atom is 0.223 e. The second kappa shape index (κ2) is 7.13. The van der Waals surface area contributed by atoms with E-state index in [0.717, 1.165) is 25.8 Å². The molecule has 0 aromatic rings. The second-order valence-electron chi connectivity index (χ2n) is 6.61. The van der Waals surface area contributed by atoms with Crippen molar-refractivity contribution in [2.75, 3.05) is 6.54 Å². The number of nitrogens with one attached hydrogen (secondary N) is 1. The van der Waals surface area contributed by atoms with Gasteiger partial charge >= 0.3 is 0 Å². The Kier molecular flexibility index (Phi) is 6.13. The highest BCUT2D eigenvalue weighted by Gasteiger charge is 2.28. The van der Waals surface area contributed by atoms with Gasteiger partial charge in [-0.3, -0.25) is 4.79 Å². The van der Waals surface area contributed by atoms with Crippen molar-refractivity contribution in [1.82, 2.24) is 5.32 Å². The smallest absolute Gasteiger partial charge is 0.223 e. The first-order chi connectivity index (χ1) is 8.44. The summed E-state index contributed by atoms with van der Waals surface area (Å²) in [5, 5.41) is 3.12. The molecule has 3 nitrogen and oxygen atoms in total. The summed E-state index contributed by atoms with van der Waals surface area (Å²) in [7, 11) is 0. The van der Waals surface area contributed by atoms with Gasteiger partial charge in [-0.2, -0.15) is 0 Å². The predicted molar refractivity (Wildman–Crippen MR) is 76.2 cm³/mol. The van der Waals surface area contributed by atoms with Gasteiger partial charge in [-0.1, -0.05) is 40.0 Å². The molecular formula is C15H30N2O. The molecule has 106 valence electrons. The fraction of sp³-hybridized carbons (Fsp3) is 0.933. The van der Waals surface area contributed by atoms with Gasteiger partial charge in [0.15, 0.2) is 0 Å². The van der Waals surface area contributed by atoms with E-state index in [0.29, 0.717) is 0 Å². The molecule has 1 amide bonds. The zero-order valence-corrected chi connectivity index (χ0v) is 12.3. The molecule has 1 saturated carbocycles. The van der Waals surface area contributed by atoms with Crippen molar-refractivity contribution in [3.05, 3.63) is 0 Å². The Morgan fingerprint density at radius 2 is 2.06 bits per heavy atom. The predicted octanol–water partition coefficient (Wildman–Crippen LogP) is 2.84. The Hall–Kier alpha value is -0.570. The van der Waals surface area contributed by atoms with Crippen LogP contribution in [0.2, 0.25) is 0 Å². The Morgan fingerprint density at radius 3 is 2.61 bits per heavy atom. The van der Waals surface area contributed by atoms with Crippen LogP contribution in [0.1, 0.15) is 65.7 Å². The van der Waals surface area contributed by atoms with Crippen LogP contribution in [0.3, 0.4) is 0 Å². The first-order valence-electron chi connectivity index (χ1n) is 7.48. The largest absolute Gasteiger partial charge is 0.355 e. The van der Waals surface area contributed by atoms with Crippen LogP contribution in [-0.2, 0) is 4.79 Å². The molecule has 0 aromatic carbocycles. The summed E-state index contributed by atoms with van der Waals surface area (Å²) in [6.07, 6.45) is 7.81. The van der Waals surface area contributed by atoms with Gasteiger partial charge in [-0.15, -0.1) is 0 Å². The third-order valence-corrected chi connectivity index (χ3v) is 4.04. The molecule has 0 saturated heterocycles. The zero-order chi connectivity index (χ0) is 13.6. The van der Waals surface area contributed by atoms with Crippen LogP contribution in [0.5, 0.6) is 0 Å². The van der Waals surface area contributed by atoms with Crippen molar-refractivity contribution in [2.45, 2.75) is 71.8 Å². The van der Waals surface area contributed by atoms with Crippen LogP contribution in [0.15, 0.2) is 0 Å². The first kappa shape index (κ1) is 15.5. The van der Waals surface area contributed by atoms with Crippen LogP contribution in [0.25, 0.3) is 0 Å². The molecule has 0 heterocycles. The summed E-state index contributed by atoms with van der Waals surface area (Å²) in [4.78, 5) is 12.0. The van der Waals surface area contributed by atoms with E-state index in [9.17, 15) is 4.79 Å². The summed E-state index contributed by atoms with van der Waals surface area (Å²) in [6, 6.07) is 0.235. The van der Waals surface area contributed by atoms with E-state index in [1.807, 2.05) is 0 Å². The van der Waals surface area contributed by atoms with Gasteiger partial charge in [0.25, 0.3) is 0 Å². The standard InChI is InChI=1S/C15H30N2O/c1-4-5-6-9-15(2,3)11-17-14(18)12-7-8-13(16)10-12/h12-13H,4-11,16H2,1-3H3,(H,17,18). The van der Waals surface area contributed by atoms with Gasteiger partial charge in [-0.05, 0) is 31.1 Å². The van der Waals surface area contributed by atoms with Crippen molar-refractivity contribution < 1.29 is 4.79 Å². The molecule has 0 spiro atoms. The number of carbonyl (C=O) groups is 1. The molecule has 1 fully saturated rings. The fourth-order valence-corrected chi connectivity index (χ4v) is 2.67. The molecule has 0 aromatic heterocycles. The van der Waals surface area contributed by atoms with Crippen molar-refractivity contribution >= 4 is 5.91 Å². The maximum atomic E-state index is 12.0. The number of unbranched alkanes of at least 4 members (excludes halogenated alkanes) is 2. The van der Waals surface area contributed by atoms with E-state index >= 15 is 0 Å². The Bertz CT molecular complexity index is 263. The highest BCUT2D eigenvalue weighted by Crippen LogP contribution is 2.26. The fourth-order valence-electron chi connectivity index (χ4n) is 2.67. The van der Waals surface area contributed by atoms with Gasteiger partial charge in [-0.25, -0.2) is 0 Å². The van der Waals surface area contributed by atoms with Crippen molar-refractivity contribution in [3.8, 4) is 0 Å². The molecule has 0 radical (unpaired) electrons. The van der Waals surface area contributed by atoms with E-state index in [2.05, 4.69) is 26.1 Å². The van der Waals surface area contributed by atoms with E-state index in [-0.39, 0.29) is 23.3 Å². The molecule has 1 aliphatic rings. The van der Waals surface area contributed by atoms with E-state index < -0.39 is 0 Å². The highest BCUT2D eigenvalue weighted by atomic mass is 16.1. The quantitative estimate of drug-likeness (QED) is 0.686. The number of hydrogen-bond donors (Lipinski definition) is 2. The number of carbonyl (C=O) groups excluding carboxylic acids is 1. The van der Waals surface area contributed by atoms with Crippen molar-refractivity contribution in [1.29, 1.82) is 0 Å². The molecular weight excluding hydrogens is 224 g/mol. The van der Waals surface area contributed by atoms with Gasteiger partial charge in [0.1, 0.15) is 0 Å². The average molecular weight is 254 g/mol. The summed E-state index contributed by atoms with van der Waals surface area (Å²) in [5.74, 6) is 0.373. The molecule has 3 heteroatoms. The third-order valence-electron chi connectivity index (χ3n) is 4.04. The summed E-state index contributed by atoms with van der Waals surface area (Å²) < 4.78 is 0. The maximum absolute atomic E-state index is 12.0. The minimum Gasteiger partial charge on any atom is -0.355 e. The van der Waals surface area contributed by atoms with Gasteiger partial charge in [0.05, 0.1) is 0 Å². The van der Waals surface area contributed by atoms with Crippen molar-refractivity contribution in [2.24, 2.45) is 17.1 Å². The van der Waals surface area contributed by atoms with E-state index in [1.54, 1.807) is 0 Å². The van der Waals surface area contributed by atoms with Crippen LogP contribution in [0.4, 0.5) is 0 Å². The van der Waals surface area contributed by atoms with E-state index in [4.69, 9.17) is 5.73 Å². The molecule has 0 bridgehead atoms. The van der Waals surface area contributed by atoms with Crippen LogP contribution >= 0.6 is 0 Å². The number of amides is 1. The number of nitrogens with two attached hydrogens (primary N) is 1. The average Bonchev–Trinajstić information content (AvgIpc) is 2.73. The van der Waals surface area contributed by atoms with Gasteiger partial charge in [0, 0.05) is 18.5 Å². The number of hydrogen-bond acceptors (Lipinski definition) is 2. The van der Waals surface area contributed by atoms with Crippen LogP contribution in [-0.4, -0.2) is 18.5 Å². The lowest BCUT2D eigenvalue weighted by Crippen LogP contribution is -2.37. The normalized spacial score (nSPS) is 24.2. The summed E-state index contributed by atoms with van der Waals surface area (Å²) in [6.45, 7) is 7.49. The van der Waals surface area contributed by atoms with Gasteiger partial charge < -0.3 is 11.1 Å². The molecule has 2 unspecified atom stereocenters. The zero-order valence-electron chi connectivity index (χ0n) is 12.3. The molecule has 1 rings (SSSR count). The third kappa shape index (κ3) is 5.38. The molecule has 18 heavy (non-hydrogen) atoms. The number of rotatable bonds is 7. The summed E-state index contributed by atoms with van der Waals surface area (Å²) >= 11 is 0. The highest BCUT2D eigenvalue weighted by molar-refractivity contribution is 5.79. The van der Waals surface area contributed by atoms with Crippen molar-refractivity contribution in [3.63, 3.8) is 0 Å². The van der Waals surface area contributed by atoms with Gasteiger partial charge in [0.2, 0.25) is 5.91 Å². The second-order valence-corrected chi connectivity index (χ2v) is 6.61. The van der Waals surface area contributed by atoms with E-state index in [1.165, 1.54) is 25.7 Å². The minimum atomic E-state index is 0.159. The van der Waals surface area contributed by atoms with Crippen LogP contribution < -0.4 is 11.1 Å². The monoisotopic (exact) mass is 254 g/mol. The summed E-state index contributed by atoms with van der Waals surface area (Å²) in [5.41, 5.74) is 6.06. The lowest BCUT2D eigenvalue weighted by Gasteiger charge is -2.25. The van der Waals surface area contributed by atoms with Crippen LogP contribution in [0, 0.1) is 11.3 Å². The minimum absolute atomic E-state index is 0.159. The lowest BCUT2D eigenvalue weighted by atomic mass is 9.86. The lowest BCUT2D eigenvalue weighted by molar-refractivity contribution is -0.125. The SMILES string of the molecule is CCCCCC(C)(C)CNC(=O)C1CCC(N)C1. The Labute approximate surface area is 112 Å². The molecule has 3 N–H and O–H groups in total. The molecule has 1 aliphatic carbocycles.